The molecule has 2 bridgehead atoms. The van der Waals surface area contributed by atoms with Crippen molar-refractivity contribution in [2.24, 2.45) is 0 Å². The molecule has 0 spiro atoms. The lowest BCUT2D eigenvalue weighted by molar-refractivity contribution is -0.0700. The Morgan fingerprint density at radius 2 is 1.57 bits per heavy atom. The third-order valence-corrected chi connectivity index (χ3v) is 5.64. The largest absolute Gasteiger partial charge is 0.373 e. The number of fused-ring (bicyclic) bond motifs is 2. The van der Waals surface area contributed by atoms with Gasteiger partial charge in [0.05, 0.1) is 12.2 Å². The van der Waals surface area contributed by atoms with Crippen LogP contribution in [0.5, 0.6) is 0 Å². The van der Waals surface area contributed by atoms with Crippen molar-refractivity contribution in [3.05, 3.63) is 0 Å². The second-order valence-corrected chi connectivity index (χ2v) is 7.32. The van der Waals surface area contributed by atoms with Gasteiger partial charge in [0.25, 0.3) is 0 Å². The fourth-order valence-electron chi connectivity index (χ4n) is 4.62. The number of hydrogen-bond acceptors (Lipinski definition) is 4. The van der Waals surface area contributed by atoms with Crippen molar-refractivity contribution in [3.8, 4) is 0 Å². The van der Waals surface area contributed by atoms with Crippen molar-refractivity contribution in [3.63, 3.8) is 0 Å². The molecule has 0 radical (unpaired) electrons. The first-order chi connectivity index (χ1) is 10.2. The molecule has 0 amide bonds. The van der Waals surface area contributed by atoms with Crippen LogP contribution >= 0.6 is 0 Å². The lowest BCUT2D eigenvalue weighted by atomic mass is 10.1. The summed E-state index contributed by atoms with van der Waals surface area (Å²) in [5.41, 5.74) is 0. The first-order valence-corrected chi connectivity index (χ1v) is 9.01. The molecule has 0 N–H and O–H groups in total. The van der Waals surface area contributed by atoms with E-state index in [1.54, 1.807) is 0 Å². The Balaban J connectivity index is 1.52. The molecule has 3 rings (SSSR count). The van der Waals surface area contributed by atoms with E-state index >= 15 is 0 Å². The van der Waals surface area contributed by atoms with E-state index in [1.807, 2.05) is 0 Å². The van der Waals surface area contributed by atoms with Gasteiger partial charge in [0, 0.05) is 44.8 Å². The molecule has 0 aromatic rings. The quantitative estimate of drug-likeness (QED) is 0.785. The zero-order valence-electron chi connectivity index (χ0n) is 14.1. The van der Waals surface area contributed by atoms with E-state index in [0.717, 1.165) is 25.2 Å². The normalized spacial score (nSPS) is 39.6. The maximum absolute atomic E-state index is 5.85. The van der Waals surface area contributed by atoms with Gasteiger partial charge < -0.3 is 9.64 Å². The summed E-state index contributed by atoms with van der Waals surface area (Å²) in [5, 5.41) is 0. The van der Waals surface area contributed by atoms with Crippen LogP contribution in [0.2, 0.25) is 0 Å². The topological polar surface area (TPSA) is 19.0 Å². The number of hydrogen-bond donors (Lipinski definition) is 0. The number of morpholine rings is 1. The van der Waals surface area contributed by atoms with Gasteiger partial charge in [-0.1, -0.05) is 6.92 Å². The summed E-state index contributed by atoms with van der Waals surface area (Å²) >= 11 is 0. The first kappa shape index (κ1) is 15.7. The standard InChI is InChI=1S/C17H33N3O/c1-4-18-8-7-16-5-6-17(13-18)20(16)10-9-19-11-14(2)21-15(3)12-19/h14-17H,4-13H2,1-3H3. The van der Waals surface area contributed by atoms with Crippen LogP contribution in [0.25, 0.3) is 0 Å². The summed E-state index contributed by atoms with van der Waals surface area (Å²) in [5.74, 6) is 0. The summed E-state index contributed by atoms with van der Waals surface area (Å²) in [7, 11) is 0. The van der Waals surface area contributed by atoms with Crippen molar-refractivity contribution < 1.29 is 4.74 Å². The van der Waals surface area contributed by atoms with Crippen LogP contribution in [0.4, 0.5) is 0 Å². The lowest BCUT2D eigenvalue weighted by Gasteiger charge is -2.37. The third-order valence-electron chi connectivity index (χ3n) is 5.64. The van der Waals surface area contributed by atoms with Crippen molar-refractivity contribution in [1.29, 1.82) is 0 Å². The highest BCUT2D eigenvalue weighted by atomic mass is 16.5. The Bertz CT molecular complexity index is 328. The van der Waals surface area contributed by atoms with Gasteiger partial charge >= 0.3 is 0 Å². The Morgan fingerprint density at radius 3 is 2.29 bits per heavy atom. The zero-order valence-corrected chi connectivity index (χ0v) is 14.1. The van der Waals surface area contributed by atoms with Crippen molar-refractivity contribution in [1.82, 2.24) is 14.7 Å². The van der Waals surface area contributed by atoms with Crippen molar-refractivity contribution >= 4 is 0 Å². The number of likely N-dealkylation sites (tertiary alicyclic amines) is 1. The monoisotopic (exact) mass is 295 g/mol. The van der Waals surface area contributed by atoms with Gasteiger partial charge in [0.15, 0.2) is 0 Å². The van der Waals surface area contributed by atoms with Crippen LogP contribution in [-0.2, 0) is 4.74 Å². The van der Waals surface area contributed by atoms with Gasteiger partial charge in [-0.2, -0.15) is 0 Å². The van der Waals surface area contributed by atoms with Gasteiger partial charge in [0.1, 0.15) is 0 Å². The molecule has 0 aromatic heterocycles. The van der Waals surface area contributed by atoms with Crippen LogP contribution in [-0.4, -0.2) is 84.8 Å². The van der Waals surface area contributed by atoms with E-state index in [9.17, 15) is 0 Å². The Labute approximate surface area is 130 Å². The smallest absolute Gasteiger partial charge is 0.0678 e. The number of rotatable bonds is 4. The van der Waals surface area contributed by atoms with Gasteiger partial charge in [-0.15, -0.1) is 0 Å². The Morgan fingerprint density at radius 1 is 0.857 bits per heavy atom. The summed E-state index contributed by atoms with van der Waals surface area (Å²) in [6.07, 6.45) is 5.01. The van der Waals surface area contributed by atoms with Crippen LogP contribution in [0.15, 0.2) is 0 Å². The van der Waals surface area contributed by atoms with Crippen molar-refractivity contribution in [2.45, 2.75) is 64.3 Å². The summed E-state index contributed by atoms with van der Waals surface area (Å²) in [6, 6.07) is 1.66. The molecule has 0 saturated carbocycles. The van der Waals surface area contributed by atoms with Gasteiger partial charge in [-0.3, -0.25) is 9.80 Å². The Kier molecular flexibility index (Phi) is 5.20. The van der Waals surface area contributed by atoms with E-state index in [0.29, 0.717) is 12.2 Å². The van der Waals surface area contributed by atoms with Crippen LogP contribution in [0, 0.1) is 0 Å². The molecule has 3 saturated heterocycles. The maximum Gasteiger partial charge on any atom is 0.0678 e. The molecular weight excluding hydrogens is 262 g/mol. The molecule has 4 heteroatoms. The molecule has 3 aliphatic heterocycles. The highest BCUT2D eigenvalue weighted by Gasteiger charge is 2.36. The minimum Gasteiger partial charge on any atom is -0.373 e. The second kappa shape index (κ2) is 6.95. The number of ether oxygens (including phenoxy) is 1. The highest BCUT2D eigenvalue weighted by molar-refractivity contribution is 4.93. The third kappa shape index (κ3) is 3.79. The molecule has 122 valence electrons. The second-order valence-electron chi connectivity index (χ2n) is 7.32. The molecule has 0 aliphatic carbocycles. The van der Waals surface area contributed by atoms with Crippen LogP contribution < -0.4 is 0 Å². The predicted octanol–water partition coefficient (Wildman–Crippen LogP) is 1.65. The minimum absolute atomic E-state index is 0.394. The number of nitrogens with zero attached hydrogens (tertiary/aromatic N) is 3. The zero-order chi connectivity index (χ0) is 14.8. The van der Waals surface area contributed by atoms with E-state index < -0.39 is 0 Å². The van der Waals surface area contributed by atoms with Crippen molar-refractivity contribution in [2.75, 3.05) is 45.8 Å². The predicted molar refractivity (Wildman–Crippen MR) is 86.7 cm³/mol. The fourth-order valence-corrected chi connectivity index (χ4v) is 4.62. The van der Waals surface area contributed by atoms with Gasteiger partial charge in [-0.05, 0) is 46.2 Å². The van der Waals surface area contributed by atoms with E-state index in [2.05, 4.69) is 35.5 Å². The fraction of sp³-hybridized carbons (Fsp3) is 1.00. The van der Waals surface area contributed by atoms with Crippen LogP contribution in [0.1, 0.15) is 40.0 Å². The van der Waals surface area contributed by atoms with E-state index in [4.69, 9.17) is 4.74 Å². The molecular formula is C17H33N3O. The summed E-state index contributed by atoms with van der Waals surface area (Å²) < 4.78 is 5.85. The summed E-state index contributed by atoms with van der Waals surface area (Å²) in [4.78, 5) is 8.09. The molecule has 3 heterocycles. The molecule has 21 heavy (non-hydrogen) atoms. The average molecular weight is 295 g/mol. The lowest BCUT2D eigenvalue weighted by Crippen LogP contribution is -2.49. The average Bonchev–Trinajstić information content (AvgIpc) is 2.70. The van der Waals surface area contributed by atoms with E-state index in [-0.39, 0.29) is 0 Å². The maximum atomic E-state index is 5.85. The molecule has 4 nitrogen and oxygen atoms in total. The van der Waals surface area contributed by atoms with Crippen LogP contribution in [0.3, 0.4) is 0 Å². The molecule has 0 aromatic carbocycles. The Hall–Kier alpha value is -0.160. The molecule has 4 unspecified atom stereocenters. The first-order valence-electron chi connectivity index (χ1n) is 9.01. The van der Waals surface area contributed by atoms with Gasteiger partial charge in [0.2, 0.25) is 0 Å². The van der Waals surface area contributed by atoms with Gasteiger partial charge in [-0.25, -0.2) is 0 Å². The van der Waals surface area contributed by atoms with E-state index in [1.165, 1.54) is 52.0 Å². The minimum atomic E-state index is 0.394. The molecule has 3 fully saturated rings. The highest BCUT2D eigenvalue weighted by Crippen LogP contribution is 2.30. The molecule has 3 aliphatic rings. The SMILES string of the molecule is CCN1CCC2CCC(C1)N2CCN1CC(C)OC(C)C1. The number of likely N-dealkylation sites (N-methyl/N-ethyl adjacent to an activating group) is 1. The molecule has 4 atom stereocenters. The summed E-state index contributed by atoms with van der Waals surface area (Å²) in [6.45, 7) is 15.2.